The number of likely N-dealkylation sites (tertiary alicyclic amines) is 1. The van der Waals surface area contributed by atoms with Gasteiger partial charge < -0.3 is 14.4 Å². The molecule has 8 nitrogen and oxygen atoms in total. The number of H-pyrrole nitrogens is 2. The number of fused-ring (bicyclic) bond motifs is 6. The highest BCUT2D eigenvalue weighted by Crippen LogP contribution is 2.49. The van der Waals surface area contributed by atoms with Gasteiger partial charge in [-0.3, -0.25) is 15.1 Å². The third-order valence-corrected chi connectivity index (χ3v) is 9.36. The molecule has 2 atom stereocenters. The van der Waals surface area contributed by atoms with Crippen LogP contribution in [0.2, 0.25) is 0 Å². The highest BCUT2D eigenvalue weighted by molar-refractivity contribution is 5.88. The van der Waals surface area contributed by atoms with Crippen LogP contribution in [0.15, 0.2) is 85.2 Å². The Labute approximate surface area is 249 Å². The van der Waals surface area contributed by atoms with Crippen LogP contribution in [0.25, 0.3) is 44.1 Å². The van der Waals surface area contributed by atoms with Crippen molar-refractivity contribution in [3.05, 3.63) is 85.2 Å². The molecule has 2 bridgehead atoms. The SMILES string of the molecule is c1cc2c(cc1-c1ccc3[nH]ncc3c1)Oc1cc(-c3ccc4[nH]ncc4c3)ccc1N2CCCCN1C[C@H]2C[C@@H]1CO2. The fraction of sp³-hybridized carbons (Fsp3) is 0.257. The molecule has 2 aromatic heterocycles. The van der Waals surface area contributed by atoms with Crippen molar-refractivity contribution in [1.29, 1.82) is 0 Å². The summed E-state index contributed by atoms with van der Waals surface area (Å²) in [7, 11) is 0. The molecule has 6 aromatic rings. The van der Waals surface area contributed by atoms with Gasteiger partial charge in [-0.25, -0.2) is 0 Å². The van der Waals surface area contributed by atoms with E-state index in [0.717, 1.165) is 106 Å². The fourth-order valence-corrected chi connectivity index (χ4v) is 7.07. The van der Waals surface area contributed by atoms with Crippen LogP contribution in [0.3, 0.4) is 0 Å². The lowest BCUT2D eigenvalue weighted by atomic mass is 10.0. The van der Waals surface area contributed by atoms with Crippen molar-refractivity contribution in [3.8, 4) is 33.8 Å². The lowest BCUT2D eigenvalue weighted by Gasteiger charge is -2.34. The molecule has 0 radical (unpaired) electrons. The first-order valence-electron chi connectivity index (χ1n) is 15.2. The summed E-state index contributed by atoms with van der Waals surface area (Å²) in [5, 5.41) is 16.7. The van der Waals surface area contributed by atoms with E-state index in [1.54, 1.807) is 0 Å². The molecule has 43 heavy (non-hydrogen) atoms. The van der Waals surface area contributed by atoms with Gasteiger partial charge in [-0.15, -0.1) is 0 Å². The van der Waals surface area contributed by atoms with Crippen molar-refractivity contribution in [1.82, 2.24) is 25.3 Å². The zero-order chi connectivity index (χ0) is 28.3. The smallest absolute Gasteiger partial charge is 0.151 e. The lowest BCUT2D eigenvalue weighted by molar-refractivity contribution is 0.0301. The molecule has 2 N–H and O–H groups in total. The van der Waals surface area contributed by atoms with Crippen LogP contribution in [-0.4, -0.2) is 63.7 Å². The Morgan fingerprint density at radius 1 is 0.698 bits per heavy atom. The molecule has 214 valence electrons. The van der Waals surface area contributed by atoms with Gasteiger partial charge in [0.25, 0.3) is 0 Å². The first-order valence-corrected chi connectivity index (χ1v) is 15.2. The first-order chi connectivity index (χ1) is 21.2. The van der Waals surface area contributed by atoms with Gasteiger partial charge in [-0.2, -0.15) is 10.2 Å². The monoisotopic (exact) mass is 568 g/mol. The summed E-state index contributed by atoms with van der Waals surface area (Å²) in [6.45, 7) is 4.07. The van der Waals surface area contributed by atoms with Crippen LogP contribution in [0.1, 0.15) is 19.3 Å². The van der Waals surface area contributed by atoms with E-state index in [2.05, 4.69) is 103 Å². The molecule has 0 aliphatic carbocycles. The molecule has 3 aliphatic heterocycles. The molecule has 2 saturated heterocycles. The average Bonchev–Trinajstić information content (AvgIpc) is 3.86. The van der Waals surface area contributed by atoms with Gasteiger partial charge in [0.2, 0.25) is 0 Å². The quantitative estimate of drug-likeness (QED) is 0.197. The van der Waals surface area contributed by atoms with E-state index in [-0.39, 0.29) is 0 Å². The first kappa shape index (κ1) is 24.9. The Bertz CT molecular complexity index is 1850. The number of rotatable bonds is 7. The van der Waals surface area contributed by atoms with Crippen molar-refractivity contribution in [2.24, 2.45) is 0 Å². The molecular formula is C35H32N6O2. The molecular weight excluding hydrogens is 536 g/mol. The van der Waals surface area contributed by atoms with E-state index in [9.17, 15) is 0 Å². The van der Waals surface area contributed by atoms with Crippen molar-refractivity contribution < 1.29 is 9.47 Å². The van der Waals surface area contributed by atoms with Gasteiger partial charge in [0.1, 0.15) is 0 Å². The Morgan fingerprint density at radius 3 is 1.86 bits per heavy atom. The van der Waals surface area contributed by atoms with E-state index < -0.39 is 0 Å². The standard InChI is InChI=1S/C35H32N6O2/c1(11-40-20-29-17-28(40)21-42-29)2-12-41-32-9-5-24(22-3-7-30-26(13-22)18-36-38-30)15-34(32)43-35-16-25(6-10-33(35)41)23-4-8-31-27(14-23)19-37-39-31/h3-10,13-16,18-19,28-29H,1-2,11-12,17,20-21H2,(H,36,38)(H,37,39)/t28-,29-/m1/s1. The van der Waals surface area contributed by atoms with Crippen LogP contribution >= 0.6 is 0 Å². The Kier molecular flexibility index (Phi) is 5.77. The lowest BCUT2D eigenvalue weighted by Crippen LogP contribution is -2.37. The Morgan fingerprint density at radius 2 is 1.28 bits per heavy atom. The van der Waals surface area contributed by atoms with Gasteiger partial charge in [0, 0.05) is 29.9 Å². The zero-order valence-electron chi connectivity index (χ0n) is 23.8. The maximum Gasteiger partial charge on any atom is 0.151 e. The topological polar surface area (TPSA) is 82.3 Å². The molecule has 0 unspecified atom stereocenters. The van der Waals surface area contributed by atoms with Crippen LogP contribution in [-0.2, 0) is 4.74 Å². The zero-order valence-corrected chi connectivity index (χ0v) is 23.8. The van der Waals surface area contributed by atoms with Crippen LogP contribution in [0, 0.1) is 0 Å². The Hall–Kier alpha value is -4.66. The second-order valence-electron chi connectivity index (χ2n) is 12.0. The van der Waals surface area contributed by atoms with Gasteiger partial charge in [0.05, 0.1) is 47.5 Å². The van der Waals surface area contributed by atoms with Crippen molar-refractivity contribution >= 4 is 33.2 Å². The van der Waals surface area contributed by atoms with Gasteiger partial charge in [0.15, 0.2) is 11.5 Å². The third kappa shape index (κ3) is 4.37. The molecule has 0 spiro atoms. The number of nitrogens with zero attached hydrogens (tertiary/aromatic N) is 4. The van der Waals surface area contributed by atoms with Crippen LogP contribution < -0.4 is 9.64 Å². The highest BCUT2D eigenvalue weighted by Gasteiger charge is 2.38. The second kappa shape index (κ2) is 9.97. The van der Waals surface area contributed by atoms with E-state index in [0.29, 0.717) is 12.1 Å². The van der Waals surface area contributed by atoms with Gasteiger partial charge >= 0.3 is 0 Å². The number of morpholine rings is 1. The molecule has 9 rings (SSSR count). The number of ether oxygens (including phenoxy) is 2. The fourth-order valence-electron chi connectivity index (χ4n) is 7.07. The molecule has 0 amide bonds. The summed E-state index contributed by atoms with van der Waals surface area (Å²) in [5.74, 6) is 1.77. The maximum absolute atomic E-state index is 6.70. The van der Waals surface area contributed by atoms with E-state index in [4.69, 9.17) is 9.47 Å². The normalized spacial score (nSPS) is 19.2. The minimum atomic E-state index is 0.454. The number of unbranched alkanes of at least 4 members (excludes halogenated alkanes) is 1. The number of anilines is 2. The van der Waals surface area contributed by atoms with Crippen LogP contribution in [0.5, 0.6) is 11.5 Å². The Balaban J connectivity index is 1.04. The average molecular weight is 569 g/mol. The largest absolute Gasteiger partial charge is 0.453 e. The summed E-state index contributed by atoms with van der Waals surface area (Å²) < 4.78 is 12.5. The molecule has 2 fully saturated rings. The summed E-state index contributed by atoms with van der Waals surface area (Å²) >= 11 is 0. The minimum absolute atomic E-state index is 0.454. The molecule has 4 aromatic carbocycles. The van der Waals surface area contributed by atoms with Crippen molar-refractivity contribution in [3.63, 3.8) is 0 Å². The summed E-state index contributed by atoms with van der Waals surface area (Å²) in [5.41, 5.74) is 8.83. The third-order valence-electron chi connectivity index (χ3n) is 9.36. The summed E-state index contributed by atoms with van der Waals surface area (Å²) in [6, 6.07) is 26.6. The number of nitrogens with one attached hydrogen (secondary N) is 2. The number of hydrogen-bond acceptors (Lipinski definition) is 6. The van der Waals surface area contributed by atoms with E-state index in [1.165, 1.54) is 6.42 Å². The number of aromatic amines is 2. The second-order valence-corrected chi connectivity index (χ2v) is 12.0. The minimum Gasteiger partial charge on any atom is -0.453 e. The number of aromatic nitrogens is 4. The predicted octanol–water partition coefficient (Wildman–Crippen LogP) is 7.27. The number of benzene rings is 4. The van der Waals surface area contributed by atoms with Crippen molar-refractivity contribution in [2.45, 2.75) is 31.4 Å². The molecule has 8 heteroatoms. The highest BCUT2D eigenvalue weighted by atomic mass is 16.5. The van der Waals surface area contributed by atoms with E-state index in [1.807, 2.05) is 12.4 Å². The summed E-state index contributed by atoms with van der Waals surface area (Å²) in [4.78, 5) is 5.07. The van der Waals surface area contributed by atoms with Gasteiger partial charge in [-0.05, 0) is 96.6 Å². The summed E-state index contributed by atoms with van der Waals surface area (Å²) in [6.07, 6.45) is 7.66. The van der Waals surface area contributed by atoms with Crippen LogP contribution in [0.4, 0.5) is 11.4 Å². The predicted molar refractivity (Wildman–Crippen MR) is 169 cm³/mol. The molecule has 0 saturated carbocycles. The van der Waals surface area contributed by atoms with E-state index >= 15 is 0 Å². The van der Waals surface area contributed by atoms with Crippen molar-refractivity contribution in [2.75, 3.05) is 31.1 Å². The molecule has 5 heterocycles. The number of hydrogen-bond donors (Lipinski definition) is 2. The maximum atomic E-state index is 6.70. The van der Waals surface area contributed by atoms with Gasteiger partial charge in [-0.1, -0.05) is 24.3 Å². The molecule has 3 aliphatic rings.